The number of allylic oxidation sites excluding steroid dienone is 1. The first-order valence-corrected chi connectivity index (χ1v) is 6.98. The largest absolute Gasteiger partial charge is 0.462 e. The van der Waals surface area contributed by atoms with Gasteiger partial charge in [-0.1, -0.05) is 45.1 Å². The summed E-state index contributed by atoms with van der Waals surface area (Å²) in [5, 5.41) is 0. The highest BCUT2D eigenvalue weighted by atomic mass is 16.7. The highest BCUT2D eigenvalue weighted by molar-refractivity contribution is 5.61. The predicted octanol–water partition coefficient (Wildman–Crippen LogP) is 4.90. The van der Waals surface area contributed by atoms with E-state index < -0.39 is 5.79 Å². The lowest BCUT2D eigenvalue weighted by Gasteiger charge is -2.34. The van der Waals surface area contributed by atoms with E-state index in [1.807, 2.05) is 38.1 Å². The van der Waals surface area contributed by atoms with Crippen LogP contribution in [0.5, 0.6) is 5.75 Å². The summed E-state index contributed by atoms with van der Waals surface area (Å²) in [5.41, 5.74) is 2.19. The first-order chi connectivity index (χ1) is 8.89. The first-order valence-electron chi connectivity index (χ1n) is 6.98. The van der Waals surface area contributed by atoms with Crippen molar-refractivity contribution in [1.82, 2.24) is 0 Å². The van der Waals surface area contributed by atoms with Gasteiger partial charge in [-0.25, -0.2) is 0 Å². The van der Waals surface area contributed by atoms with E-state index in [9.17, 15) is 0 Å². The van der Waals surface area contributed by atoms with E-state index in [2.05, 4.69) is 27.4 Å². The van der Waals surface area contributed by atoms with Gasteiger partial charge in [-0.3, -0.25) is 0 Å². The molecule has 0 fully saturated rings. The van der Waals surface area contributed by atoms with Gasteiger partial charge < -0.3 is 9.47 Å². The molecule has 1 aromatic carbocycles. The molecule has 0 bridgehead atoms. The molecule has 1 rings (SSSR count). The Morgan fingerprint density at radius 2 is 1.84 bits per heavy atom. The smallest absolute Gasteiger partial charge is 0.209 e. The number of hydrogen-bond donors (Lipinski definition) is 0. The number of ether oxygens (including phenoxy) is 2. The Labute approximate surface area is 117 Å². The molecule has 0 saturated heterocycles. The lowest BCUT2D eigenvalue weighted by molar-refractivity contribution is -0.197. The third-order valence-corrected chi connectivity index (χ3v) is 3.31. The predicted molar refractivity (Wildman–Crippen MR) is 81.3 cm³/mol. The van der Waals surface area contributed by atoms with Crippen molar-refractivity contribution in [3.05, 3.63) is 36.4 Å². The fourth-order valence-corrected chi connectivity index (χ4v) is 1.66. The molecule has 0 aliphatic carbocycles. The molecule has 0 radical (unpaired) electrons. The minimum absolute atomic E-state index is 0.278. The molecule has 1 unspecified atom stereocenters. The van der Waals surface area contributed by atoms with E-state index in [4.69, 9.17) is 9.47 Å². The van der Waals surface area contributed by atoms with Crippen LogP contribution in [-0.2, 0) is 4.74 Å². The van der Waals surface area contributed by atoms with Crippen LogP contribution in [0, 0.1) is 5.92 Å². The maximum absolute atomic E-state index is 6.05. The van der Waals surface area contributed by atoms with Crippen molar-refractivity contribution in [2.75, 3.05) is 6.61 Å². The Hall–Kier alpha value is -1.28. The van der Waals surface area contributed by atoms with Crippen molar-refractivity contribution >= 4 is 5.57 Å². The number of rotatable bonds is 7. The average Bonchev–Trinajstić information content (AvgIpc) is 2.36. The van der Waals surface area contributed by atoms with Gasteiger partial charge in [-0.05, 0) is 31.0 Å². The van der Waals surface area contributed by atoms with Crippen molar-refractivity contribution < 1.29 is 9.47 Å². The second-order valence-electron chi connectivity index (χ2n) is 5.43. The van der Waals surface area contributed by atoms with Gasteiger partial charge in [-0.15, -0.1) is 0 Å². The van der Waals surface area contributed by atoms with E-state index in [1.54, 1.807) is 0 Å². The third-order valence-electron chi connectivity index (χ3n) is 3.31. The average molecular weight is 262 g/mol. The molecule has 0 aliphatic rings. The van der Waals surface area contributed by atoms with Crippen molar-refractivity contribution in [3.63, 3.8) is 0 Å². The molecule has 1 atom stereocenters. The Balaban J connectivity index is 2.81. The highest BCUT2D eigenvalue weighted by Gasteiger charge is 2.31. The number of benzene rings is 1. The first kappa shape index (κ1) is 15.8. The van der Waals surface area contributed by atoms with Crippen LogP contribution in [0.2, 0.25) is 0 Å². The zero-order valence-corrected chi connectivity index (χ0v) is 12.8. The molecule has 0 amide bonds. The van der Waals surface area contributed by atoms with Gasteiger partial charge in [-0.2, -0.15) is 0 Å². The summed E-state index contributed by atoms with van der Waals surface area (Å²) in [4.78, 5) is 0. The SMILES string of the molecule is C=C(C)c1ccc(OC(C)(OCCC)C(C)C)cc1. The van der Waals surface area contributed by atoms with Gasteiger partial charge >= 0.3 is 0 Å². The quantitative estimate of drug-likeness (QED) is 0.651. The summed E-state index contributed by atoms with van der Waals surface area (Å²) < 4.78 is 11.9. The van der Waals surface area contributed by atoms with E-state index in [0.29, 0.717) is 6.61 Å². The Kier molecular flexibility index (Phi) is 5.61. The lowest BCUT2D eigenvalue weighted by atomic mass is 10.0. The van der Waals surface area contributed by atoms with E-state index >= 15 is 0 Å². The summed E-state index contributed by atoms with van der Waals surface area (Å²) in [7, 11) is 0. The molecule has 2 heteroatoms. The van der Waals surface area contributed by atoms with Crippen LogP contribution in [0.15, 0.2) is 30.8 Å². The van der Waals surface area contributed by atoms with Crippen LogP contribution >= 0.6 is 0 Å². The summed E-state index contributed by atoms with van der Waals surface area (Å²) >= 11 is 0. The molecule has 106 valence electrons. The molecular formula is C17H26O2. The molecule has 0 aromatic heterocycles. The second-order valence-corrected chi connectivity index (χ2v) is 5.43. The van der Waals surface area contributed by atoms with Crippen LogP contribution in [0.25, 0.3) is 5.57 Å². The fraction of sp³-hybridized carbons (Fsp3) is 0.529. The molecule has 0 N–H and O–H groups in total. The third kappa shape index (κ3) is 4.39. The standard InChI is InChI=1S/C17H26O2/c1-7-12-18-17(6,14(4)5)19-16-10-8-15(9-11-16)13(2)3/h8-11,14H,2,7,12H2,1,3-6H3. The summed E-state index contributed by atoms with van der Waals surface area (Å²) in [6, 6.07) is 8.00. The van der Waals surface area contributed by atoms with E-state index in [0.717, 1.165) is 23.3 Å². The lowest BCUT2D eigenvalue weighted by Crippen LogP contribution is -2.41. The zero-order chi connectivity index (χ0) is 14.5. The topological polar surface area (TPSA) is 18.5 Å². The van der Waals surface area contributed by atoms with Gasteiger partial charge in [0.15, 0.2) is 0 Å². The normalized spacial score (nSPS) is 14.2. The summed E-state index contributed by atoms with van der Waals surface area (Å²) in [6.07, 6.45) is 0.986. The van der Waals surface area contributed by atoms with Crippen molar-refractivity contribution in [3.8, 4) is 5.75 Å². The minimum atomic E-state index is -0.583. The van der Waals surface area contributed by atoms with Crippen molar-refractivity contribution in [2.24, 2.45) is 5.92 Å². The Morgan fingerprint density at radius 1 is 1.26 bits per heavy atom. The number of hydrogen-bond acceptors (Lipinski definition) is 2. The maximum Gasteiger partial charge on any atom is 0.209 e. The second kappa shape index (κ2) is 6.76. The summed E-state index contributed by atoms with van der Waals surface area (Å²) in [6.45, 7) is 15.0. The van der Waals surface area contributed by atoms with Crippen LogP contribution in [-0.4, -0.2) is 12.4 Å². The van der Waals surface area contributed by atoms with E-state index in [1.165, 1.54) is 0 Å². The van der Waals surface area contributed by atoms with E-state index in [-0.39, 0.29) is 5.92 Å². The van der Waals surface area contributed by atoms with Crippen molar-refractivity contribution in [1.29, 1.82) is 0 Å². The van der Waals surface area contributed by atoms with Gasteiger partial charge in [0.05, 0.1) is 6.61 Å². The molecule has 19 heavy (non-hydrogen) atoms. The van der Waals surface area contributed by atoms with Crippen LogP contribution < -0.4 is 4.74 Å². The summed E-state index contributed by atoms with van der Waals surface area (Å²) in [5.74, 6) is 0.526. The molecule has 1 aromatic rings. The van der Waals surface area contributed by atoms with Gasteiger partial charge in [0, 0.05) is 12.8 Å². The molecule has 0 spiro atoms. The van der Waals surface area contributed by atoms with Crippen LogP contribution in [0.4, 0.5) is 0 Å². The molecule has 0 heterocycles. The minimum Gasteiger partial charge on any atom is -0.462 e. The maximum atomic E-state index is 6.05. The monoisotopic (exact) mass is 262 g/mol. The Bertz CT molecular complexity index is 406. The zero-order valence-electron chi connectivity index (χ0n) is 12.8. The highest BCUT2D eigenvalue weighted by Crippen LogP contribution is 2.27. The molecular weight excluding hydrogens is 236 g/mol. The van der Waals surface area contributed by atoms with Crippen LogP contribution in [0.3, 0.4) is 0 Å². The van der Waals surface area contributed by atoms with Gasteiger partial charge in [0.2, 0.25) is 5.79 Å². The van der Waals surface area contributed by atoms with Gasteiger partial charge in [0.25, 0.3) is 0 Å². The van der Waals surface area contributed by atoms with Gasteiger partial charge in [0.1, 0.15) is 5.75 Å². The molecule has 2 nitrogen and oxygen atoms in total. The molecule has 0 saturated carbocycles. The molecule has 0 aliphatic heterocycles. The van der Waals surface area contributed by atoms with Crippen LogP contribution in [0.1, 0.15) is 46.6 Å². The fourth-order valence-electron chi connectivity index (χ4n) is 1.66. The van der Waals surface area contributed by atoms with Crippen molar-refractivity contribution in [2.45, 2.75) is 46.8 Å². The Morgan fingerprint density at radius 3 is 2.26 bits per heavy atom.